The van der Waals surface area contributed by atoms with E-state index in [9.17, 15) is 29.7 Å². The second-order valence-electron chi connectivity index (χ2n) is 6.24. The lowest BCUT2D eigenvalue weighted by molar-refractivity contribution is -0.117. The van der Waals surface area contributed by atoms with E-state index in [0.29, 0.717) is 4.57 Å². The Morgan fingerprint density at radius 1 is 1.29 bits per heavy atom. The van der Waals surface area contributed by atoms with Crippen LogP contribution in [-0.4, -0.2) is 55.6 Å². The number of ether oxygens (including phenoxy) is 1. The highest BCUT2D eigenvalue weighted by molar-refractivity contribution is 9.15. The van der Waals surface area contributed by atoms with Crippen molar-refractivity contribution in [3.8, 4) is 0 Å². The maximum atomic E-state index is 13.3. The molecule has 0 unspecified atom stereocenters. The van der Waals surface area contributed by atoms with Crippen LogP contribution in [0.1, 0.15) is 15.9 Å². The molecule has 1 fully saturated rings. The van der Waals surface area contributed by atoms with Crippen LogP contribution in [-0.2, 0) is 10.5 Å². The molecule has 1 saturated heterocycles. The van der Waals surface area contributed by atoms with Crippen LogP contribution >= 0.6 is 15.9 Å². The third-order valence-electron chi connectivity index (χ3n) is 4.57. The van der Waals surface area contributed by atoms with Gasteiger partial charge in [0.1, 0.15) is 18.3 Å². The van der Waals surface area contributed by atoms with Crippen molar-refractivity contribution in [3.05, 3.63) is 75.1 Å². The van der Waals surface area contributed by atoms with Gasteiger partial charge in [-0.2, -0.15) is 0 Å². The summed E-state index contributed by atoms with van der Waals surface area (Å²) in [6.45, 7) is 2.87. The number of halogens is 1. The fraction of sp³-hybridized carbons (Fsp3) is 0.278. The molecule has 1 aliphatic heterocycles. The van der Waals surface area contributed by atoms with E-state index >= 15 is 0 Å². The highest BCUT2D eigenvalue weighted by atomic mass is 79.9. The number of aromatic amines is 1. The van der Waals surface area contributed by atoms with Crippen LogP contribution in [0.2, 0.25) is 0 Å². The third kappa shape index (κ3) is 3.09. The normalized spacial score (nSPS) is 26.9. The van der Waals surface area contributed by atoms with Crippen molar-refractivity contribution in [2.45, 2.75) is 24.0 Å². The van der Waals surface area contributed by atoms with Gasteiger partial charge in [0.2, 0.25) is 11.5 Å². The SMILES string of the molecule is C=C(Br)c1cn([C@]2(C(=O)c3ccccc3)O[C@H](CO)[C@@H](O)[C@H]2O)c(=O)[nH]c1=O. The van der Waals surface area contributed by atoms with Crippen LogP contribution in [0.3, 0.4) is 0 Å². The minimum absolute atomic E-state index is 0.0856. The van der Waals surface area contributed by atoms with Crippen molar-refractivity contribution in [1.82, 2.24) is 9.55 Å². The number of nitrogens with one attached hydrogen (secondary N) is 1. The van der Waals surface area contributed by atoms with Crippen molar-refractivity contribution in [2.24, 2.45) is 0 Å². The fourth-order valence-corrected chi connectivity index (χ4v) is 3.44. The van der Waals surface area contributed by atoms with Crippen molar-refractivity contribution in [3.63, 3.8) is 0 Å². The van der Waals surface area contributed by atoms with Gasteiger partial charge in [0.05, 0.1) is 12.2 Å². The molecule has 1 aromatic carbocycles. The molecule has 4 N–H and O–H groups in total. The van der Waals surface area contributed by atoms with Gasteiger partial charge in [0, 0.05) is 16.2 Å². The zero-order valence-electron chi connectivity index (χ0n) is 14.4. The molecule has 1 aromatic heterocycles. The highest BCUT2D eigenvalue weighted by Crippen LogP contribution is 2.38. The number of rotatable bonds is 5. The van der Waals surface area contributed by atoms with E-state index in [2.05, 4.69) is 22.5 Å². The van der Waals surface area contributed by atoms with Gasteiger partial charge in [-0.15, -0.1) is 0 Å². The van der Waals surface area contributed by atoms with Gasteiger partial charge in [-0.05, 0) is 0 Å². The summed E-state index contributed by atoms with van der Waals surface area (Å²) in [4.78, 5) is 40.0. The number of aliphatic hydroxyl groups excluding tert-OH is 3. The molecule has 2 heterocycles. The first-order chi connectivity index (χ1) is 13.2. The van der Waals surface area contributed by atoms with Gasteiger partial charge in [0.25, 0.3) is 5.56 Å². The maximum absolute atomic E-state index is 13.3. The molecule has 1 aliphatic rings. The topological polar surface area (TPSA) is 142 Å². The van der Waals surface area contributed by atoms with Crippen LogP contribution in [0.5, 0.6) is 0 Å². The Morgan fingerprint density at radius 2 is 1.93 bits per heavy atom. The number of carbonyl (C=O) groups is 1. The monoisotopic (exact) mass is 452 g/mol. The molecule has 10 heteroatoms. The van der Waals surface area contributed by atoms with Gasteiger partial charge < -0.3 is 20.1 Å². The average molecular weight is 453 g/mol. The summed E-state index contributed by atoms with van der Waals surface area (Å²) in [5, 5.41) is 30.5. The molecule has 0 saturated carbocycles. The summed E-state index contributed by atoms with van der Waals surface area (Å²) in [6.07, 6.45) is -3.89. The van der Waals surface area contributed by atoms with E-state index in [1.807, 2.05) is 4.98 Å². The van der Waals surface area contributed by atoms with Crippen LogP contribution in [0, 0.1) is 0 Å². The second kappa shape index (κ2) is 7.57. The van der Waals surface area contributed by atoms with Crippen LogP contribution in [0.15, 0.2) is 52.7 Å². The number of aliphatic hydroxyl groups is 3. The number of hydrogen-bond donors (Lipinski definition) is 4. The largest absolute Gasteiger partial charge is 0.394 e. The molecule has 9 nitrogen and oxygen atoms in total. The standard InChI is InChI=1S/C18H17BrN2O7/c1-9(19)11-7-21(17(27)20-16(11)26)18(14(24)10-5-3-2-4-6-10)15(25)13(23)12(8-22)28-18/h2-7,12-13,15,22-23,25H,1,8H2,(H,20,26,27)/t12-,13-,15-,18-/m1/s1. The minimum atomic E-state index is -2.41. The number of carbonyl (C=O) groups excluding carboxylic acids is 1. The number of aromatic nitrogens is 2. The first-order valence-electron chi connectivity index (χ1n) is 8.20. The number of H-pyrrole nitrogens is 1. The van der Waals surface area contributed by atoms with E-state index in [1.165, 1.54) is 12.1 Å². The molecule has 4 atom stereocenters. The van der Waals surface area contributed by atoms with Gasteiger partial charge in [0.15, 0.2) is 0 Å². The van der Waals surface area contributed by atoms with E-state index in [1.54, 1.807) is 18.2 Å². The summed E-state index contributed by atoms with van der Waals surface area (Å²) >= 11 is 3.05. The second-order valence-corrected chi connectivity index (χ2v) is 7.20. The predicted octanol–water partition coefficient (Wildman–Crippen LogP) is -0.449. The molecule has 0 bridgehead atoms. The first kappa shape index (κ1) is 20.4. The molecule has 0 radical (unpaired) electrons. The van der Waals surface area contributed by atoms with Crippen molar-refractivity contribution in [1.29, 1.82) is 0 Å². The molecule has 148 valence electrons. The Labute approximate surface area is 166 Å². The van der Waals surface area contributed by atoms with E-state index < -0.39 is 47.7 Å². The minimum Gasteiger partial charge on any atom is -0.394 e. The highest BCUT2D eigenvalue weighted by Gasteiger charge is 2.60. The van der Waals surface area contributed by atoms with Crippen molar-refractivity contribution >= 4 is 26.2 Å². The lowest BCUT2D eigenvalue weighted by Gasteiger charge is -2.32. The molecule has 2 aromatic rings. The maximum Gasteiger partial charge on any atom is 0.331 e. The Hall–Kier alpha value is -2.37. The fourth-order valence-electron chi connectivity index (χ4n) is 3.15. The number of Topliss-reactive ketones (excluding diaryl/α,β-unsaturated/α-hetero) is 1. The number of nitrogens with zero attached hydrogens (tertiary/aromatic N) is 1. The lowest BCUT2D eigenvalue weighted by Crippen LogP contribution is -2.56. The van der Waals surface area contributed by atoms with Crippen molar-refractivity contribution < 1.29 is 24.9 Å². The molecule has 3 rings (SSSR count). The molecule has 28 heavy (non-hydrogen) atoms. The summed E-state index contributed by atoms with van der Waals surface area (Å²) in [5.41, 5.74) is -4.22. The molecule has 0 amide bonds. The zero-order chi connectivity index (χ0) is 20.6. The number of ketones is 1. The third-order valence-corrected chi connectivity index (χ3v) is 5.00. The Balaban J connectivity index is 2.32. The van der Waals surface area contributed by atoms with Gasteiger partial charge >= 0.3 is 5.69 Å². The molecule has 0 aliphatic carbocycles. The van der Waals surface area contributed by atoms with E-state index in [0.717, 1.165) is 6.20 Å². The Kier molecular flexibility index (Phi) is 5.50. The van der Waals surface area contributed by atoms with Gasteiger partial charge in [-0.1, -0.05) is 52.8 Å². The van der Waals surface area contributed by atoms with Gasteiger partial charge in [-0.25, -0.2) is 4.79 Å². The molecular weight excluding hydrogens is 436 g/mol. The zero-order valence-corrected chi connectivity index (χ0v) is 16.0. The van der Waals surface area contributed by atoms with E-state index in [4.69, 9.17) is 4.74 Å². The van der Waals surface area contributed by atoms with E-state index in [-0.39, 0.29) is 15.6 Å². The summed E-state index contributed by atoms with van der Waals surface area (Å²) < 4.78 is 6.40. The molecule has 0 spiro atoms. The lowest BCUT2D eigenvalue weighted by atomic mass is 9.93. The Morgan fingerprint density at radius 3 is 2.46 bits per heavy atom. The molecular formula is C18H17BrN2O7. The number of hydrogen-bond acceptors (Lipinski definition) is 7. The average Bonchev–Trinajstić information content (AvgIpc) is 2.93. The van der Waals surface area contributed by atoms with Gasteiger partial charge in [-0.3, -0.25) is 19.1 Å². The summed E-state index contributed by atoms with van der Waals surface area (Å²) in [7, 11) is 0. The number of benzene rings is 1. The smallest absolute Gasteiger partial charge is 0.331 e. The predicted molar refractivity (Wildman–Crippen MR) is 102 cm³/mol. The Bertz CT molecular complexity index is 1030. The van der Waals surface area contributed by atoms with Crippen LogP contribution in [0.25, 0.3) is 4.48 Å². The van der Waals surface area contributed by atoms with Crippen LogP contribution in [0.4, 0.5) is 0 Å². The first-order valence-corrected chi connectivity index (χ1v) is 8.99. The summed E-state index contributed by atoms with van der Waals surface area (Å²) in [6, 6.07) is 7.70. The summed E-state index contributed by atoms with van der Waals surface area (Å²) in [5.74, 6) is -0.837. The van der Waals surface area contributed by atoms with Crippen molar-refractivity contribution in [2.75, 3.05) is 6.61 Å². The van der Waals surface area contributed by atoms with Crippen LogP contribution < -0.4 is 11.2 Å². The quantitative estimate of drug-likeness (QED) is 0.450.